The Balaban J connectivity index is 1.25. The molecule has 0 radical (unpaired) electrons. The van der Waals surface area contributed by atoms with E-state index in [2.05, 4.69) is 29.6 Å². The number of amides is 2. The molecule has 5 rings (SSSR count). The molecule has 2 amide bonds. The monoisotopic (exact) mass is 568 g/mol. The molecule has 2 unspecified atom stereocenters. The summed E-state index contributed by atoms with van der Waals surface area (Å²) in [5, 5.41) is 10.6. The molecule has 228 valence electrons. The Bertz CT molecular complexity index is 1120. The number of hydrogen-bond donors (Lipinski definition) is 2. The number of nitrogens with zero attached hydrogens (tertiary/aromatic N) is 2. The van der Waals surface area contributed by atoms with Crippen molar-refractivity contribution in [3.8, 4) is 0 Å². The summed E-state index contributed by atoms with van der Waals surface area (Å²) >= 11 is 0. The fraction of sp³-hybridized carbons (Fsp3) is 0.818. The largest absolute Gasteiger partial charge is 0.436 e. The Hall–Kier alpha value is -2.22. The van der Waals surface area contributed by atoms with Gasteiger partial charge in [-0.25, -0.2) is 4.79 Å². The maximum absolute atomic E-state index is 13.4. The molecular weight excluding hydrogens is 516 g/mol. The summed E-state index contributed by atoms with van der Waals surface area (Å²) in [6.07, 6.45) is 11.7. The first-order valence-electron chi connectivity index (χ1n) is 16.0. The van der Waals surface area contributed by atoms with Crippen LogP contribution >= 0.6 is 0 Å². The lowest BCUT2D eigenvalue weighted by Gasteiger charge is -2.58. The average Bonchev–Trinajstić information content (AvgIpc) is 3.53. The average molecular weight is 569 g/mol. The molecule has 2 N–H and O–H groups in total. The lowest BCUT2D eigenvalue weighted by atomic mass is 9.46. The normalized spacial score (nSPS) is 38.9. The molecular formula is C33H52N4O4. The number of allylic oxidation sites excluding steroid dienone is 1. The standard InChI is InChI=1S/C33H52N4O4/c1-20(36-41-30(40)37(31(2,3)4)19-22-9-13-28(35-22)29(39)34-7)25-11-12-26-24-10-8-21-18-23(38)14-16-32(21,5)27(24)15-17-33(25,26)6/h18,22,24-28,35H,8-17,19H2,1-7H3,(H,34,39)/b36-20+/t22?,24-,25+,26-,27-,28?,32-,33+/m0/s1. The summed E-state index contributed by atoms with van der Waals surface area (Å²) in [5.74, 6) is 2.62. The highest BCUT2D eigenvalue weighted by Crippen LogP contribution is 2.66. The number of carbonyl (C=O) groups excluding carboxylic acids is 3. The maximum atomic E-state index is 13.4. The molecule has 4 aliphatic carbocycles. The number of hydrogen-bond acceptors (Lipinski definition) is 6. The van der Waals surface area contributed by atoms with Crippen molar-refractivity contribution in [1.82, 2.24) is 15.5 Å². The second kappa shape index (κ2) is 11.1. The van der Waals surface area contributed by atoms with Gasteiger partial charge >= 0.3 is 6.09 Å². The molecule has 0 aromatic heterocycles. The van der Waals surface area contributed by atoms with Gasteiger partial charge in [-0.3, -0.25) is 19.3 Å². The van der Waals surface area contributed by atoms with E-state index in [-0.39, 0.29) is 28.8 Å². The molecule has 8 atom stereocenters. The third kappa shape index (κ3) is 5.50. The van der Waals surface area contributed by atoms with E-state index in [1.807, 2.05) is 33.8 Å². The minimum absolute atomic E-state index is 0.0110. The van der Waals surface area contributed by atoms with Gasteiger partial charge in [-0.15, -0.1) is 0 Å². The second-order valence-electron chi connectivity index (χ2n) is 15.1. The zero-order valence-electron chi connectivity index (χ0n) is 26.3. The van der Waals surface area contributed by atoms with Crippen molar-refractivity contribution in [3.63, 3.8) is 0 Å². The SMILES string of the molecule is CNC(=O)C1CCC(CN(C(=O)O/N=C(\C)[C@H]2CC[C@H]3[C@@H]4CCC5=CC(=O)CC[C@]5(C)[C@H]4CC[C@]23C)C(C)(C)C)N1. The van der Waals surface area contributed by atoms with Gasteiger partial charge in [0.2, 0.25) is 5.91 Å². The number of oxime groups is 1. The van der Waals surface area contributed by atoms with Crippen molar-refractivity contribution in [1.29, 1.82) is 0 Å². The zero-order chi connectivity index (χ0) is 29.7. The van der Waals surface area contributed by atoms with Crippen LogP contribution in [0.1, 0.15) is 106 Å². The minimum Gasteiger partial charge on any atom is -0.358 e. The van der Waals surface area contributed by atoms with Crippen LogP contribution in [0.4, 0.5) is 4.79 Å². The van der Waals surface area contributed by atoms with Crippen LogP contribution in [-0.4, -0.2) is 59.6 Å². The Labute approximate surface area is 246 Å². The summed E-state index contributed by atoms with van der Waals surface area (Å²) in [7, 11) is 1.65. The van der Waals surface area contributed by atoms with Gasteiger partial charge in [0.1, 0.15) is 0 Å². The summed E-state index contributed by atoms with van der Waals surface area (Å²) in [6.45, 7) is 13.4. The highest BCUT2D eigenvalue weighted by atomic mass is 16.7. The number of rotatable bonds is 5. The third-order valence-corrected chi connectivity index (χ3v) is 12.0. The quantitative estimate of drug-likeness (QED) is 0.255. The maximum Gasteiger partial charge on any atom is 0.436 e. The molecule has 1 aliphatic heterocycles. The molecule has 8 nitrogen and oxygen atoms in total. The Morgan fingerprint density at radius 3 is 2.54 bits per heavy atom. The zero-order valence-corrected chi connectivity index (χ0v) is 26.3. The van der Waals surface area contributed by atoms with Crippen molar-refractivity contribution in [2.45, 2.75) is 123 Å². The van der Waals surface area contributed by atoms with Crippen LogP contribution in [0.25, 0.3) is 0 Å². The summed E-state index contributed by atoms with van der Waals surface area (Å²) in [6, 6.07) is -0.182. The van der Waals surface area contributed by atoms with E-state index >= 15 is 0 Å². The lowest BCUT2D eigenvalue weighted by Crippen LogP contribution is -2.52. The van der Waals surface area contributed by atoms with Crippen LogP contribution in [0.2, 0.25) is 0 Å². The van der Waals surface area contributed by atoms with Crippen LogP contribution in [0.3, 0.4) is 0 Å². The molecule has 5 aliphatic rings. The first kappa shape index (κ1) is 30.2. The number of nitrogens with one attached hydrogen (secondary N) is 2. The van der Waals surface area contributed by atoms with E-state index in [0.717, 1.165) is 44.2 Å². The van der Waals surface area contributed by atoms with E-state index in [1.54, 1.807) is 11.9 Å². The van der Waals surface area contributed by atoms with Gasteiger partial charge in [-0.2, -0.15) is 0 Å². The molecule has 0 aromatic rings. The van der Waals surface area contributed by atoms with E-state index < -0.39 is 11.6 Å². The smallest absolute Gasteiger partial charge is 0.358 e. The molecule has 4 fully saturated rings. The molecule has 0 spiro atoms. The first-order chi connectivity index (χ1) is 19.3. The van der Waals surface area contributed by atoms with Crippen LogP contribution in [0, 0.1) is 34.5 Å². The first-order valence-corrected chi connectivity index (χ1v) is 16.0. The highest BCUT2D eigenvalue weighted by Gasteiger charge is 2.59. The Kier molecular flexibility index (Phi) is 8.21. The molecule has 41 heavy (non-hydrogen) atoms. The number of likely N-dealkylation sites (N-methyl/N-ethyl adjacent to an activating group) is 1. The topological polar surface area (TPSA) is 100 Å². The Morgan fingerprint density at radius 1 is 1.07 bits per heavy atom. The van der Waals surface area contributed by atoms with Crippen LogP contribution in [0.5, 0.6) is 0 Å². The van der Waals surface area contributed by atoms with E-state index in [0.29, 0.717) is 42.4 Å². The van der Waals surface area contributed by atoms with Gasteiger partial charge < -0.3 is 10.6 Å². The van der Waals surface area contributed by atoms with Crippen molar-refractivity contribution < 1.29 is 19.2 Å². The molecule has 1 saturated heterocycles. The number of ketones is 1. The van der Waals surface area contributed by atoms with Gasteiger partial charge in [0.25, 0.3) is 0 Å². The third-order valence-electron chi connectivity index (χ3n) is 12.0. The predicted octanol–water partition coefficient (Wildman–Crippen LogP) is 5.61. The number of fused-ring (bicyclic) bond motifs is 5. The summed E-state index contributed by atoms with van der Waals surface area (Å²) < 4.78 is 0. The lowest BCUT2D eigenvalue weighted by molar-refractivity contribution is -0.122. The summed E-state index contributed by atoms with van der Waals surface area (Å²) in [4.78, 5) is 45.0. The van der Waals surface area contributed by atoms with Crippen molar-refractivity contribution >= 4 is 23.5 Å². The second-order valence-corrected chi connectivity index (χ2v) is 15.1. The van der Waals surface area contributed by atoms with Gasteiger partial charge in [0.05, 0.1) is 11.8 Å². The fourth-order valence-electron chi connectivity index (χ4n) is 9.66. The van der Waals surface area contributed by atoms with Crippen LogP contribution < -0.4 is 10.6 Å². The fourth-order valence-corrected chi connectivity index (χ4v) is 9.66. The van der Waals surface area contributed by atoms with Crippen molar-refractivity contribution in [2.75, 3.05) is 13.6 Å². The highest BCUT2D eigenvalue weighted by molar-refractivity contribution is 5.91. The van der Waals surface area contributed by atoms with Gasteiger partial charge in [-0.1, -0.05) is 24.6 Å². The van der Waals surface area contributed by atoms with Crippen molar-refractivity contribution in [3.05, 3.63) is 11.6 Å². The van der Waals surface area contributed by atoms with Gasteiger partial charge in [0, 0.05) is 37.5 Å². The van der Waals surface area contributed by atoms with Crippen molar-refractivity contribution in [2.24, 2.45) is 39.7 Å². The van der Waals surface area contributed by atoms with Gasteiger partial charge in [-0.05, 0) is 120 Å². The van der Waals surface area contributed by atoms with E-state index in [1.165, 1.54) is 24.8 Å². The predicted molar refractivity (Wildman–Crippen MR) is 160 cm³/mol. The summed E-state index contributed by atoms with van der Waals surface area (Å²) in [5.41, 5.74) is 2.25. The van der Waals surface area contributed by atoms with E-state index in [4.69, 9.17) is 4.84 Å². The van der Waals surface area contributed by atoms with Crippen LogP contribution in [-0.2, 0) is 14.4 Å². The number of carbonyl (C=O) groups is 3. The Morgan fingerprint density at radius 2 is 1.83 bits per heavy atom. The molecule has 3 saturated carbocycles. The van der Waals surface area contributed by atoms with Gasteiger partial charge in [0.15, 0.2) is 5.78 Å². The molecule has 0 bridgehead atoms. The molecule has 0 aromatic carbocycles. The van der Waals surface area contributed by atoms with E-state index in [9.17, 15) is 14.4 Å². The molecule has 1 heterocycles. The van der Waals surface area contributed by atoms with Crippen LogP contribution in [0.15, 0.2) is 16.8 Å². The minimum atomic E-state index is -0.440. The molecule has 8 heteroatoms.